The zero-order valence-electron chi connectivity index (χ0n) is 13.0. The van der Waals surface area contributed by atoms with Crippen LogP contribution in [0, 0.1) is 12.8 Å². The third kappa shape index (κ3) is 3.01. The van der Waals surface area contributed by atoms with Gasteiger partial charge in [-0.25, -0.2) is 4.98 Å². The van der Waals surface area contributed by atoms with E-state index in [0.29, 0.717) is 29.3 Å². The minimum Gasteiger partial charge on any atom is -0.481 e. The molecule has 6 nitrogen and oxygen atoms in total. The summed E-state index contributed by atoms with van der Waals surface area (Å²) in [5.74, 6) is -0.915. The fourth-order valence-electron chi connectivity index (χ4n) is 2.83. The van der Waals surface area contributed by atoms with Gasteiger partial charge < -0.3 is 14.4 Å². The van der Waals surface area contributed by atoms with E-state index in [-0.39, 0.29) is 18.5 Å². The molecule has 23 heavy (non-hydrogen) atoms. The number of rotatable bonds is 3. The maximum Gasteiger partial charge on any atom is 0.308 e. The summed E-state index contributed by atoms with van der Waals surface area (Å²) in [7, 11) is 0. The van der Waals surface area contributed by atoms with Crippen molar-refractivity contribution in [1.29, 1.82) is 0 Å². The Morgan fingerprint density at radius 1 is 1.43 bits per heavy atom. The number of nitrogens with zero attached hydrogens (tertiary/aromatic N) is 2. The number of aryl methyl sites for hydroxylation is 1. The Morgan fingerprint density at radius 3 is 2.87 bits per heavy atom. The van der Waals surface area contributed by atoms with E-state index in [4.69, 9.17) is 4.42 Å². The van der Waals surface area contributed by atoms with Gasteiger partial charge in [-0.15, -0.1) is 11.3 Å². The Labute approximate surface area is 137 Å². The molecular weight excluding hydrogens is 316 g/mol. The van der Waals surface area contributed by atoms with Gasteiger partial charge in [-0.2, -0.15) is 0 Å². The molecule has 0 aliphatic carbocycles. The number of aromatic nitrogens is 1. The van der Waals surface area contributed by atoms with Gasteiger partial charge in [-0.1, -0.05) is 0 Å². The van der Waals surface area contributed by atoms with E-state index in [9.17, 15) is 14.7 Å². The Balaban J connectivity index is 1.86. The molecule has 0 saturated carbocycles. The van der Waals surface area contributed by atoms with Crippen molar-refractivity contribution in [3.05, 3.63) is 29.0 Å². The maximum absolute atomic E-state index is 12.8. The smallest absolute Gasteiger partial charge is 0.308 e. The molecule has 1 aliphatic rings. The summed E-state index contributed by atoms with van der Waals surface area (Å²) in [6.45, 7) is 4.04. The van der Waals surface area contributed by atoms with Crippen molar-refractivity contribution in [2.24, 2.45) is 5.92 Å². The molecule has 1 amide bonds. The first kappa shape index (κ1) is 15.7. The Hall–Kier alpha value is -2.15. The predicted molar refractivity (Wildman–Crippen MR) is 85.4 cm³/mol. The van der Waals surface area contributed by atoms with Crippen LogP contribution < -0.4 is 0 Å². The second-order valence-corrected chi connectivity index (χ2v) is 7.02. The van der Waals surface area contributed by atoms with Gasteiger partial charge in [0, 0.05) is 17.5 Å². The van der Waals surface area contributed by atoms with Crippen LogP contribution >= 0.6 is 11.3 Å². The molecule has 1 saturated heterocycles. The number of likely N-dealkylation sites (tertiary alicyclic amines) is 1. The number of carbonyl (C=O) groups excluding carboxylic acids is 1. The van der Waals surface area contributed by atoms with Gasteiger partial charge in [-0.05, 0) is 38.8 Å². The number of carboxylic acid groups (broad SMARTS) is 1. The van der Waals surface area contributed by atoms with Crippen molar-refractivity contribution in [3.8, 4) is 10.8 Å². The van der Waals surface area contributed by atoms with Gasteiger partial charge >= 0.3 is 5.97 Å². The average Bonchev–Trinajstić information content (AvgIpc) is 3.16. The molecule has 2 unspecified atom stereocenters. The number of aliphatic carboxylic acids is 1. The minimum absolute atomic E-state index is 0.0197. The summed E-state index contributed by atoms with van der Waals surface area (Å²) < 4.78 is 5.33. The van der Waals surface area contributed by atoms with Gasteiger partial charge in [-0.3, -0.25) is 9.59 Å². The van der Waals surface area contributed by atoms with E-state index in [1.54, 1.807) is 23.3 Å². The molecule has 3 rings (SSSR count). The molecule has 2 atom stereocenters. The molecule has 122 valence electrons. The van der Waals surface area contributed by atoms with Crippen LogP contribution in [0.5, 0.6) is 0 Å². The van der Waals surface area contributed by atoms with E-state index in [2.05, 4.69) is 4.98 Å². The monoisotopic (exact) mass is 334 g/mol. The van der Waals surface area contributed by atoms with Crippen LogP contribution in [0.1, 0.15) is 35.1 Å². The molecule has 0 aromatic carbocycles. The standard InChI is InChI=1S/C16H18N2O4S/c1-9-5-6-11(16(20)21)8-18(9)15(19)13-10(2)23-14(17-13)12-4-3-7-22-12/h3-4,7,9,11H,5-6,8H2,1-2H3,(H,20,21). The molecule has 3 heterocycles. The van der Waals surface area contributed by atoms with E-state index < -0.39 is 11.9 Å². The minimum atomic E-state index is -0.846. The first-order valence-electron chi connectivity index (χ1n) is 7.52. The number of hydrogen-bond donors (Lipinski definition) is 1. The van der Waals surface area contributed by atoms with E-state index in [1.165, 1.54) is 11.3 Å². The maximum atomic E-state index is 12.8. The molecule has 0 spiro atoms. The number of amides is 1. The zero-order valence-corrected chi connectivity index (χ0v) is 13.8. The molecule has 7 heteroatoms. The van der Waals surface area contributed by atoms with Crippen LogP contribution in [0.2, 0.25) is 0 Å². The molecular formula is C16H18N2O4S. The summed E-state index contributed by atoms with van der Waals surface area (Å²) in [6, 6.07) is 3.60. The third-order valence-corrected chi connectivity index (χ3v) is 5.21. The largest absolute Gasteiger partial charge is 0.481 e. The van der Waals surface area contributed by atoms with E-state index in [0.717, 1.165) is 4.88 Å². The second-order valence-electron chi connectivity index (χ2n) is 5.82. The van der Waals surface area contributed by atoms with Crippen molar-refractivity contribution in [1.82, 2.24) is 9.88 Å². The Kier molecular flexibility index (Phi) is 4.21. The first-order valence-corrected chi connectivity index (χ1v) is 8.34. The number of thiazole rings is 1. The average molecular weight is 334 g/mol. The highest BCUT2D eigenvalue weighted by molar-refractivity contribution is 7.15. The fraction of sp³-hybridized carbons (Fsp3) is 0.438. The van der Waals surface area contributed by atoms with Crippen molar-refractivity contribution in [2.75, 3.05) is 6.54 Å². The molecule has 2 aromatic rings. The number of carboxylic acids is 1. The van der Waals surface area contributed by atoms with Gasteiger partial charge in [0.15, 0.2) is 10.8 Å². The number of hydrogen-bond acceptors (Lipinski definition) is 5. The van der Waals surface area contributed by atoms with E-state index in [1.807, 2.05) is 13.8 Å². The van der Waals surface area contributed by atoms with Crippen molar-refractivity contribution < 1.29 is 19.1 Å². The van der Waals surface area contributed by atoms with Crippen molar-refractivity contribution >= 4 is 23.2 Å². The van der Waals surface area contributed by atoms with Gasteiger partial charge in [0.1, 0.15) is 5.69 Å². The lowest BCUT2D eigenvalue weighted by molar-refractivity contribution is -0.143. The van der Waals surface area contributed by atoms with Gasteiger partial charge in [0.05, 0.1) is 12.2 Å². The normalized spacial score (nSPS) is 21.4. The van der Waals surface area contributed by atoms with Crippen molar-refractivity contribution in [3.63, 3.8) is 0 Å². The predicted octanol–water partition coefficient (Wildman–Crippen LogP) is 3.04. The van der Waals surface area contributed by atoms with Crippen LogP contribution in [-0.4, -0.2) is 39.5 Å². The highest BCUT2D eigenvalue weighted by Crippen LogP contribution is 2.30. The van der Waals surface area contributed by atoms with Crippen LogP contribution in [-0.2, 0) is 4.79 Å². The summed E-state index contributed by atoms with van der Waals surface area (Å²) in [4.78, 5) is 30.9. The lowest BCUT2D eigenvalue weighted by Crippen LogP contribution is -2.47. The quantitative estimate of drug-likeness (QED) is 0.933. The number of carbonyl (C=O) groups is 2. The zero-order chi connectivity index (χ0) is 16.6. The lowest BCUT2D eigenvalue weighted by atomic mass is 9.93. The summed E-state index contributed by atoms with van der Waals surface area (Å²) in [5, 5.41) is 9.88. The van der Waals surface area contributed by atoms with Crippen LogP contribution in [0.4, 0.5) is 0 Å². The molecule has 1 fully saturated rings. The van der Waals surface area contributed by atoms with Gasteiger partial charge in [0.2, 0.25) is 0 Å². The highest BCUT2D eigenvalue weighted by atomic mass is 32.1. The molecule has 0 radical (unpaired) electrons. The van der Waals surface area contributed by atoms with Crippen molar-refractivity contribution in [2.45, 2.75) is 32.7 Å². The first-order chi connectivity index (χ1) is 11.0. The lowest BCUT2D eigenvalue weighted by Gasteiger charge is -2.36. The number of furan rings is 1. The highest BCUT2D eigenvalue weighted by Gasteiger charge is 2.34. The molecule has 1 N–H and O–H groups in total. The van der Waals surface area contributed by atoms with Crippen LogP contribution in [0.15, 0.2) is 22.8 Å². The Bertz CT molecular complexity index is 723. The summed E-state index contributed by atoms with van der Waals surface area (Å²) in [6.07, 6.45) is 2.86. The van der Waals surface area contributed by atoms with Crippen LogP contribution in [0.3, 0.4) is 0 Å². The SMILES string of the molecule is Cc1sc(-c2ccco2)nc1C(=O)N1CC(C(=O)O)CCC1C. The topological polar surface area (TPSA) is 83.6 Å². The van der Waals surface area contributed by atoms with E-state index >= 15 is 0 Å². The van der Waals surface area contributed by atoms with Gasteiger partial charge in [0.25, 0.3) is 5.91 Å². The molecule has 1 aliphatic heterocycles. The summed E-state index contributed by atoms with van der Waals surface area (Å²) >= 11 is 1.40. The van der Waals surface area contributed by atoms with Crippen LogP contribution in [0.25, 0.3) is 10.8 Å². The fourth-order valence-corrected chi connectivity index (χ4v) is 3.70. The summed E-state index contributed by atoms with van der Waals surface area (Å²) in [5.41, 5.74) is 0.388. The molecule has 2 aromatic heterocycles. The third-order valence-electron chi connectivity index (χ3n) is 4.22. The number of piperidine rings is 1. The second kappa shape index (κ2) is 6.16. The Morgan fingerprint density at radius 2 is 2.22 bits per heavy atom. The molecule has 0 bridgehead atoms.